The molecule has 0 bridgehead atoms. The number of hydrogen-bond donors (Lipinski definition) is 4. The molecule has 0 saturated carbocycles. The summed E-state index contributed by atoms with van der Waals surface area (Å²) in [5, 5.41) is 33.4. The Bertz CT molecular complexity index is 644. The van der Waals surface area contributed by atoms with Crippen LogP contribution in [0.4, 0.5) is 0 Å². The highest BCUT2D eigenvalue weighted by atomic mass is 16.3. The van der Waals surface area contributed by atoms with E-state index in [0.29, 0.717) is 12.8 Å². The van der Waals surface area contributed by atoms with Crippen molar-refractivity contribution in [3.8, 4) is 0 Å². The van der Waals surface area contributed by atoms with E-state index in [2.05, 4.69) is 19.2 Å². The van der Waals surface area contributed by atoms with E-state index in [0.717, 1.165) is 25.7 Å². The number of unbranched alkanes of at least 4 members (excludes halogenated alkanes) is 33. The third-order valence-corrected chi connectivity index (χ3v) is 10.6. The third kappa shape index (κ3) is 38.4. The summed E-state index contributed by atoms with van der Waals surface area (Å²) < 4.78 is 0. The molecular formula is C44H89NO4. The first-order valence-corrected chi connectivity index (χ1v) is 22.3. The molecule has 49 heavy (non-hydrogen) atoms. The number of carbonyl (C=O) groups is 1. The second kappa shape index (κ2) is 40.1. The molecule has 1 amide bonds. The van der Waals surface area contributed by atoms with Crippen molar-refractivity contribution in [3.63, 3.8) is 0 Å². The van der Waals surface area contributed by atoms with Crippen molar-refractivity contribution in [1.82, 2.24) is 5.32 Å². The predicted octanol–water partition coefficient (Wildman–Crippen LogP) is 13.0. The number of nitrogens with one attached hydrogen (secondary N) is 1. The van der Waals surface area contributed by atoms with E-state index < -0.39 is 18.4 Å². The van der Waals surface area contributed by atoms with Crippen LogP contribution in [0.1, 0.15) is 258 Å². The van der Waals surface area contributed by atoms with Crippen molar-refractivity contribution in [2.45, 2.75) is 276 Å². The summed E-state index contributed by atoms with van der Waals surface area (Å²) in [5.41, 5.74) is 0. The first-order valence-electron chi connectivity index (χ1n) is 22.3. The zero-order valence-corrected chi connectivity index (χ0v) is 33.4. The molecule has 0 saturated heterocycles. The Morgan fingerprint density at radius 2 is 0.653 bits per heavy atom. The van der Waals surface area contributed by atoms with Crippen LogP contribution in [0.5, 0.6) is 0 Å². The average molecular weight is 696 g/mol. The summed E-state index contributed by atoms with van der Waals surface area (Å²) in [5.74, 6) is -0.168. The van der Waals surface area contributed by atoms with Crippen molar-refractivity contribution >= 4 is 5.91 Å². The standard InChI is InChI=1S/C44H89NO4/c1-3-5-7-9-11-13-15-17-18-19-20-21-22-23-24-25-26-27-29-31-33-35-37-39-43(48)45-44(49)40-42(47)41(46)38-36-34-32-30-28-16-14-12-10-8-6-4-2/h41-42,44,46-47,49H,3-40H2,1-2H3,(H,45,48). The number of amides is 1. The Balaban J connectivity index is 3.43. The molecule has 5 nitrogen and oxygen atoms in total. The largest absolute Gasteiger partial charge is 0.390 e. The first-order chi connectivity index (χ1) is 24.0. The van der Waals surface area contributed by atoms with Crippen LogP contribution >= 0.6 is 0 Å². The van der Waals surface area contributed by atoms with Gasteiger partial charge in [0, 0.05) is 12.8 Å². The van der Waals surface area contributed by atoms with Gasteiger partial charge in [0.05, 0.1) is 12.2 Å². The van der Waals surface area contributed by atoms with E-state index in [1.807, 2.05) is 0 Å². The van der Waals surface area contributed by atoms with Gasteiger partial charge < -0.3 is 20.6 Å². The molecule has 0 aromatic heterocycles. The third-order valence-electron chi connectivity index (χ3n) is 10.6. The lowest BCUT2D eigenvalue weighted by Crippen LogP contribution is -2.40. The van der Waals surface area contributed by atoms with Crippen molar-refractivity contribution < 1.29 is 20.1 Å². The first kappa shape index (κ1) is 48.3. The molecule has 0 heterocycles. The summed E-state index contributed by atoms with van der Waals surface area (Å²) in [4.78, 5) is 12.2. The lowest BCUT2D eigenvalue weighted by molar-refractivity contribution is -0.125. The Kier molecular flexibility index (Phi) is 39.6. The fraction of sp³-hybridized carbons (Fsp3) is 0.977. The van der Waals surface area contributed by atoms with Crippen LogP contribution in [0.3, 0.4) is 0 Å². The number of rotatable bonds is 41. The second-order valence-electron chi connectivity index (χ2n) is 15.7. The van der Waals surface area contributed by atoms with Crippen molar-refractivity contribution in [2.75, 3.05) is 0 Å². The second-order valence-corrected chi connectivity index (χ2v) is 15.7. The zero-order valence-electron chi connectivity index (χ0n) is 33.4. The number of hydrogen-bond acceptors (Lipinski definition) is 4. The van der Waals surface area contributed by atoms with Crippen LogP contribution in [0.2, 0.25) is 0 Å². The van der Waals surface area contributed by atoms with Gasteiger partial charge >= 0.3 is 0 Å². The predicted molar refractivity (Wildman–Crippen MR) is 213 cm³/mol. The van der Waals surface area contributed by atoms with Gasteiger partial charge in [-0.2, -0.15) is 0 Å². The van der Waals surface area contributed by atoms with Crippen molar-refractivity contribution in [2.24, 2.45) is 0 Å². The SMILES string of the molecule is CCCCCCCCCCCCCCCCCCCCCCCCCC(=O)NC(O)CC(O)C(O)CCCCCCCCCCCCCC. The van der Waals surface area contributed by atoms with Gasteiger partial charge in [-0.3, -0.25) is 4.79 Å². The topological polar surface area (TPSA) is 89.8 Å². The minimum atomic E-state index is -1.11. The molecule has 0 spiro atoms. The normalized spacial score (nSPS) is 13.5. The molecule has 0 radical (unpaired) electrons. The van der Waals surface area contributed by atoms with Gasteiger partial charge in [0.1, 0.15) is 6.23 Å². The van der Waals surface area contributed by atoms with Gasteiger partial charge in [-0.25, -0.2) is 0 Å². The van der Waals surface area contributed by atoms with Gasteiger partial charge in [0.15, 0.2) is 0 Å². The van der Waals surface area contributed by atoms with Crippen molar-refractivity contribution in [3.05, 3.63) is 0 Å². The van der Waals surface area contributed by atoms with Gasteiger partial charge in [-0.05, 0) is 12.8 Å². The molecule has 5 heteroatoms. The van der Waals surface area contributed by atoms with E-state index >= 15 is 0 Å². The van der Waals surface area contributed by atoms with Crippen LogP contribution in [-0.2, 0) is 4.79 Å². The maximum Gasteiger partial charge on any atom is 0.221 e. The molecule has 3 atom stereocenters. The van der Waals surface area contributed by atoms with E-state index in [1.54, 1.807) is 0 Å². The van der Waals surface area contributed by atoms with E-state index in [1.165, 1.54) is 199 Å². The quantitative estimate of drug-likeness (QED) is 0.0378. The van der Waals surface area contributed by atoms with E-state index in [-0.39, 0.29) is 12.3 Å². The Morgan fingerprint density at radius 3 is 0.959 bits per heavy atom. The Hall–Kier alpha value is -0.650. The van der Waals surface area contributed by atoms with Gasteiger partial charge in [0.25, 0.3) is 0 Å². The average Bonchev–Trinajstić information content (AvgIpc) is 3.08. The van der Waals surface area contributed by atoms with Crippen LogP contribution < -0.4 is 5.32 Å². The monoisotopic (exact) mass is 696 g/mol. The molecule has 0 aromatic rings. The molecule has 4 N–H and O–H groups in total. The molecule has 0 aliphatic carbocycles. The minimum Gasteiger partial charge on any atom is -0.390 e. The van der Waals surface area contributed by atoms with E-state index in [9.17, 15) is 20.1 Å². The molecule has 0 aliphatic heterocycles. The molecule has 0 rings (SSSR count). The zero-order chi connectivity index (χ0) is 35.9. The van der Waals surface area contributed by atoms with Gasteiger partial charge in [-0.1, -0.05) is 232 Å². The lowest BCUT2D eigenvalue weighted by Gasteiger charge is -2.21. The molecule has 3 unspecified atom stereocenters. The maximum absolute atomic E-state index is 12.2. The molecule has 0 aliphatic rings. The van der Waals surface area contributed by atoms with Crippen LogP contribution in [0.25, 0.3) is 0 Å². The highest BCUT2D eigenvalue weighted by molar-refractivity contribution is 5.75. The highest BCUT2D eigenvalue weighted by Crippen LogP contribution is 2.17. The van der Waals surface area contributed by atoms with Crippen LogP contribution in [0.15, 0.2) is 0 Å². The molecule has 0 aromatic carbocycles. The fourth-order valence-corrected chi connectivity index (χ4v) is 7.16. The Labute approximate surface area is 307 Å². The number of aliphatic hydroxyl groups is 3. The number of aliphatic hydroxyl groups excluding tert-OH is 3. The fourth-order valence-electron chi connectivity index (χ4n) is 7.16. The summed E-state index contributed by atoms with van der Waals surface area (Å²) >= 11 is 0. The highest BCUT2D eigenvalue weighted by Gasteiger charge is 2.20. The van der Waals surface area contributed by atoms with Crippen molar-refractivity contribution in [1.29, 1.82) is 0 Å². The summed E-state index contributed by atoms with van der Waals surface area (Å²) in [6, 6.07) is 0. The number of carbonyl (C=O) groups excluding carboxylic acids is 1. The van der Waals surface area contributed by atoms with Gasteiger partial charge in [-0.15, -0.1) is 0 Å². The van der Waals surface area contributed by atoms with Crippen LogP contribution in [-0.4, -0.2) is 39.7 Å². The van der Waals surface area contributed by atoms with E-state index in [4.69, 9.17) is 0 Å². The maximum atomic E-state index is 12.2. The van der Waals surface area contributed by atoms with Gasteiger partial charge in [0.2, 0.25) is 5.91 Å². The summed E-state index contributed by atoms with van der Waals surface area (Å²) in [6.07, 6.45) is 44.2. The molecular weight excluding hydrogens is 606 g/mol. The molecule has 294 valence electrons. The summed E-state index contributed by atoms with van der Waals surface area (Å²) in [7, 11) is 0. The summed E-state index contributed by atoms with van der Waals surface area (Å²) in [6.45, 7) is 4.55. The lowest BCUT2D eigenvalue weighted by atomic mass is 10.0. The minimum absolute atomic E-state index is 0.0233. The van der Waals surface area contributed by atoms with Crippen LogP contribution in [0, 0.1) is 0 Å². The smallest absolute Gasteiger partial charge is 0.221 e. The Morgan fingerprint density at radius 1 is 0.388 bits per heavy atom. The molecule has 0 fully saturated rings.